The molecule has 1 N–H and O–H groups in total. The molecule has 1 aromatic carbocycles. The van der Waals surface area contributed by atoms with Crippen molar-refractivity contribution >= 4 is 17.7 Å². The highest BCUT2D eigenvalue weighted by atomic mass is 19.4. The van der Waals surface area contributed by atoms with Gasteiger partial charge in [-0.05, 0) is 37.0 Å². The number of Topliss-reactive ketones (excluding diaryl/α,β-unsaturated/α-hetero) is 1. The number of ketones is 1. The first kappa shape index (κ1) is 22.8. The van der Waals surface area contributed by atoms with Crippen LogP contribution in [0.1, 0.15) is 35.2 Å². The molecule has 4 rings (SSSR count). The Hall–Kier alpha value is -2.39. The molecule has 1 fully saturated rings. The summed E-state index contributed by atoms with van der Waals surface area (Å²) >= 11 is 0. The predicted octanol–water partition coefficient (Wildman–Crippen LogP) is 3.24. The number of benzene rings is 1. The first-order valence-electron chi connectivity index (χ1n) is 11.0. The van der Waals surface area contributed by atoms with Gasteiger partial charge in [-0.2, -0.15) is 13.2 Å². The van der Waals surface area contributed by atoms with Crippen molar-refractivity contribution in [1.29, 1.82) is 0 Å². The van der Waals surface area contributed by atoms with Crippen molar-refractivity contribution in [3.05, 3.63) is 34.5 Å². The van der Waals surface area contributed by atoms with Gasteiger partial charge in [0.2, 0.25) is 0 Å². The summed E-state index contributed by atoms with van der Waals surface area (Å²) in [7, 11) is 1.56. The van der Waals surface area contributed by atoms with Gasteiger partial charge in [-0.25, -0.2) is 0 Å². The van der Waals surface area contributed by atoms with Gasteiger partial charge in [-0.15, -0.1) is 0 Å². The van der Waals surface area contributed by atoms with E-state index < -0.39 is 17.7 Å². The first-order valence-corrected chi connectivity index (χ1v) is 11.0. The molecule has 2 heterocycles. The van der Waals surface area contributed by atoms with E-state index in [2.05, 4.69) is 14.8 Å². The van der Waals surface area contributed by atoms with E-state index in [0.717, 1.165) is 37.4 Å². The number of alkyl halides is 3. The third-order valence-corrected chi connectivity index (χ3v) is 6.54. The number of halogens is 3. The van der Waals surface area contributed by atoms with Gasteiger partial charge in [-0.3, -0.25) is 14.7 Å². The second-order valence-corrected chi connectivity index (χ2v) is 8.48. The summed E-state index contributed by atoms with van der Waals surface area (Å²) in [5, 5.41) is 9.14. The normalized spacial score (nSPS) is 22.0. The number of hydrogen-bond acceptors (Lipinski definition) is 6. The highest BCUT2D eigenvalue weighted by molar-refractivity contribution is 6.03. The number of aliphatic hydroxyl groups excluding tert-OH is 1. The standard InChI is InChI=1S/C23H28F3N3O3/c1-32-21-14-17-15(13-20(21)29-7-5-28(6-8-29)9-10-30)11-16(22(17)31)12-19-18(23(24,25)26)3-2-4-27-19/h4,13-14,16,30H,2-3,5-12H2,1H3. The van der Waals surface area contributed by atoms with Gasteiger partial charge in [0.1, 0.15) is 5.75 Å². The Morgan fingerprint density at radius 1 is 1.22 bits per heavy atom. The second-order valence-electron chi connectivity index (χ2n) is 8.48. The van der Waals surface area contributed by atoms with Crippen LogP contribution in [-0.4, -0.2) is 74.6 Å². The van der Waals surface area contributed by atoms with Crippen LogP contribution in [0.2, 0.25) is 0 Å². The molecule has 0 radical (unpaired) electrons. The van der Waals surface area contributed by atoms with Crippen LogP contribution < -0.4 is 9.64 Å². The summed E-state index contributed by atoms with van der Waals surface area (Å²) in [5.41, 5.74) is 1.66. The summed E-state index contributed by atoms with van der Waals surface area (Å²) < 4.78 is 45.8. The van der Waals surface area contributed by atoms with Crippen molar-refractivity contribution in [3.63, 3.8) is 0 Å². The molecule has 9 heteroatoms. The molecule has 1 saturated heterocycles. The number of fused-ring (bicyclic) bond motifs is 1. The third kappa shape index (κ3) is 4.54. The zero-order chi connectivity index (χ0) is 22.9. The monoisotopic (exact) mass is 451 g/mol. The lowest BCUT2D eigenvalue weighted by molar-refractivity contribution is -0.0951. The molecule has 1 unspecified atom stereocenters. The molecule has 3 aliphatic rings. The number of β-amino-alcohol motifs (C(OH)–C–C–N with tert-alkyl or cyclic N) is 1. The minimum absolute atomic E-state index is 0.00363. The number of anilines is 1. The largest absolute Gasteiger partial charge is 0.495 e. The molecule has 32 heavy (non-hydrogen) atoms. The van der Waals surface area contributed by atoms with Crippen LogP contribution in [0.15, 0.2) is 28.4 Å². The number of nitrogens with zero attached hydrogens (tertiary/aromatic N) is 3. The number of carbonyl (C=O) groups excluding carboxylic acids is 1. The summed E-state index contributed by atoms with van der Waals surface area (Å²) in [6.07, 6.45) is -2.33. The van der Waals surface area contributed by atoms with Crippen LogP contribution in [0, 0.1) is 5.92 Å². The number of ether oxygens (including phenoxy) is 1. The minimum atomic E-state index is -4.42. The van der Waals surface area contributed by atoms with Gasteiger partial charge >= 0.3 is 6.18 Å². The molecule has 6 nitrogen and oxygen atoms in total. The summed E-state index contributed by atoms with van der Waals surface area (Å²) in [6, 6.07) is 3.69. The van der Waals surface area contributed by atoms with E-state index in [9.17, 15) is 18.0 Å². The maximum absolute atomic E-state index is 13.4. The number of methoxy groups -OCH3 is 1. The molecule has 0 saturated carbocycles. The van der Waals surface area contributed by atoms with Crippen molar-refractivity contribution in [3.8, 4) is 5.75 Å². The van der Waals surface area contributed by atoms with Crippen LogP contribution in [0.3, 0.4) is 0 Å². The summed E-state index contributed by atoms with van der Waals surface area (Å²) in [5.74, 6) is -0.0967. The third-order valence-electron chi connectivity index (χ3n) is 6.54. The lowest BCUT2D eigenvalue weighted by atomic mass is 9.94. The molecule has 1 aliphatic carbocycles. The van der Waals surface area contributed by atoms with Crippen molar-refractivity contribution in [2.75, 3.05) is 51.3 Å². The molecule has 0 spiro atoms. The molecule has 1 atom stereocenters. The van der Waals surface area contributed by atoms with Crippen molar-refractivity contribution in [1.82, 2.24) is 4.90 Å². The second kappa shape index (κ2) is 9.23. The lowest BCUT2D eigenvalue weighted by Crippen LogP contribution is -2.47. The van der Waals surface area contributed by atoms with Gasteiger partial charge in [-0.1, -0.05) is 0 Å². The Labute approximate surface area is 185 Å². The Balaban J connectivity index is 1.55. The Kier molecular flexibility index (Phi) is 6.57. The highest BCUT2D eigenvalue weighted by Gasteiger charge is 2.39. The van der Waals surface area contributed by atoms with Crippen LogP contribution in [0.5, 0.6) is 5.75 Å². The number of rotatable bonds is 6. The van der Waals surface area contributed by atoms with Crippen molar-refractivity contribution in [2.45, 2.75) is 31.9 Å². The Morgan fingerprint density at radius 3 is 2.62 bits per heavy atom. The Bertz CT molecular complexity index is 934. The average molecular weight is 451 g/mol. The van der Waals surface area contributed by atoms with Crippen LogP contribution in [0.25, 0.3) is 0 Å². The summed E-state index contributed by atoms with van der Waals surface area (Å²) in [6.45, 7) is 3.93. The quantitative estimate of drug-likeness (QED) is 0.720. The number of hydrogen-bond donors (Lipinski definition) is 1. The van der Waals surface area contributed by atoms with E-state index in [-0.39, 0.29) is 37.3 Å². The van der Waals surface area contributed by atoms with E-state index in [1.165, 1.54) is 6.21 Å². The van der Waals surface area contributed by atoms with Gasteiger partial charge in [0.15, 0.2) is 5.78 Å². The zero-order valence-electron chi connectivity index (χ0n) is 18.1. The molecule has 0 bridgehead atoms. The van der Waals surface area contributed by atoms with E-state index in [1.807, 2.05) is 6.07 Å². The fourth-order valence-corrected chi connectivity index (χ4v) is 4.84. The lowest BCUT2D eigenvalue weighted by Gasteiger charge is -2.36. The topological polar surface area (TPSA) is 65.4 Å². The number of carbonyl (C=O) groups is 1. The van der Waals surface area contributed by atoms with Crippen LogP contribution in [0.4, 0.5) is 18.9 Å². The number of aliphatic imine (C=N–C) groups is 1. The van der Waals surface area contributed by atoms with Gasteiger partial charge < -0.3 is 14.7 Å². The smallest absolute Gasteiger partial charge is 0.414 e. The zero-order valence-corrected chi connectivity index (χ0v) is 18.1. The van der Waals surface area contributed by atoms with Gasteiger partial charge in [0.05, 0.1) is 25.0 Å². The Morgan fingerprint density at radius 2 is 1.97 bits per heavy atom. The minimum Gasteiger partial charge on any atom is -0.495 e. The maximum Gasteiger partial charge on any atom is 0.414 e. The molecular formula is C23H28F3N3O3. The summed E-state index contributed by atoms with van der Waals surface area (Å²) in [4.78, 5) is 21.4. The molecule has 174 valence electrons. The molecule has 0 amide bonds. The number of piperazine rings is 1. The van der Waals surface area contributed by atoms with Gasteiger partial charge in [0, 0.05) is 62.5 Å². The number of aliphatic hydroxyl groups is 1. The molecule has 1 aromatic rings. The number of allylic oxidation sites excluding steroid dienone is 2. The van der Waals surface area contributed by atoms with Crippen LogP contribution >= 0.6 is 0 Å². The molecule has 0 aromatic heterocycles. The van der Waals surface area contributed by atoms with E-state index >= 15 is 0 Å². The van der Waals surface area contributed by atoms with Crippen molar-refractivity contribution in [2.24, 2.45) is 10.9 Å². The SMILES string of the molecule is COc1cc2c(cc1N1CCN(CCO)CC1)CC(CC1=C(C(F)(F)F)CCC=N1)C2=O. The fourth-order valence-electron chi connectivity index (χ4n) is 4.84. The van der Waals surface area contributed by atoms with E-state index in [1.54, 1.807) is 13.2 Å². The highest BCUT2D eigenvalue weighted by Crippen LogP contribution is 2.41. The van der Waals surface area contributed by atoms with Crippen molar-refractivity contribution < 1.29 is 27.8 Å². The maximum atomic E-state index is 13.4. The molecular weight excluding hydrogens is 423 g/mol. The predicted molar refractivity (Wildman–Crippen MR) is 116 cm³/mol. The van der Waals surface area contributed by atoms with E-state index in [0.29, 0.717) is 24.3 Å². The molecule has 2 aliphatic heterocycles. The first-order chi connectivity index (χ1) is 15.3. The average Bonchev–Trinajstić information content (AvgIpc) is 3.07. The fraction of sp³-hybridized carbons (Fsp3) is 0.565. The van der Waals surface area contributed by atoms with Gasteiger partial charge in [0.25, 0.3) is 0 Å². The van der Waals surface area contributed by atoms with E-state index in [4.69, 9.17) is 9.84 Å². The van der Waals surface area contributed by atoms with Crippen LogP contribution in [-0.2, 0) is 6.42 Å².